The van der Waals surface area contributed by atoms with Crippen molar-refractivity contribution in [3.05, 3.63) is 73.7 Å². The molecule has 2 N–H and O–H groups in total. The summed E-state index contributed by atoms with van der Waals surface area (Å²) in [6.45, 7) is 2.60. The van der Waals surface area contributed by atoms with Crippen LogP contribution in [0.3, 0.4) is 0 Å². The number of halogens is 4. The van der Waals surface area contributed by atoms with Crippen LogP contribution in [-0.2, 0) is 17.5 Å². The van der Waals surface area contributed by atoms with Crippen LogP contribution >= 0.6 is 22.9 Å². The summed E-state index contributed by atoms with van der Waals surface area (Å²) in [4.78, 5) is 47.8. The number of cyclic esters (lactones) is 1. The fraction of sp³-hybridized carbons (Fsp3) is 0.345. The van der Waals surface area contributed by atoms with Crippen molar-refractivity contribution in [3.63, 3.8) is 0 Å². The van der Waals surface area contributed by atoms with E-state index in [1.54, 1.807) is 30.0 Å². The molecule has 15 heteroatoms. The molecule has 2 aromatic heterocycles. The van der Waals surface area contributed by atoms with Gasteiger partial charge in [-0.15, -0.1) is 11.3 Å². The standard InChI is InChI=1S/C29H26ClF3N6O4S/c1-14-35-22-10-19(26-37-24(29(31,32)33)23(44-26)25(40)34-2)21(36-17-7-8-38-18(9-17)13-43-28(38)42)11-20(22)27(41)39(14)12-15-3-5-16(30)6-4-15/h3-6,10-11,17-18,36H,7-9,12-13H2,1-2H3,(H,34,40)/t17-,18-/m0/s1. The monoisotopic (exact) mass is 646 g/mol. The molecule has 2 amide bonds. The first-order valence-electron chi connectivity index (χ1n) is 13.7. The molecule has 0 bridgehead atoms. The highest BCUT2D eigenvalue weighted by atomic mass is 35.5. The number of ether oxygens (including phenoxy) is 1. The van der Waals surface area contributed by atoms with Crippen molar-refractivity contribution in [2.45, 2.75) is 44.6 Å². The van der Waals surface area contributed by atoms with Gasteiger partial charge in [-0.3, -0.25) is 14.2 Å². The fourth-order valence-corrected chi connectivity index (χ4v) is 6.77. The van der Waals surface area contributed by atoms with Gasteiger partial charge in [0.05, 0.1) is 23.5 Å². The number of rotatable bonds is 6. The number of carbonyl (C=O) groups excluding carboxylic acids is 2. The van der Waals surface area contributed by atoms with Crippen LogP contribution < -0.4 is 16.2 Å². The minimum atomic E-state index is -4.87. The number of fused-ring (bicyclic) bond motifs is 2. The van der Waals surface area contributed by atoms with Gasteiger partial charge in [-0.1, -0.05) is 23.7 Å². The second-order valence-electron chi connectivity index (χ2n) is 10.7. The predicted molar refractivity (Wildman–Crippen MR) is 159 cm³/mol. The molecular weight excluding hydrogens is 621 g/mol. The van der Waals surface area contributed by atoms with Crippen LogP contribution in [0.4, 0.5) is 23.7 Å². The van der Waals surface area contributed by atoms with Crippen molar-refractivity contribution in [2.24, 2.45) is 0 Å². The molecule has 0 spiro atoms. The number of benzene rings is 2. The third-order valence-corrected chi connectivity index (χ3v) is 9.15. The summed E-state index contributed by atoms with van der Waals surface area (Å²) in [7, 11) is 1.25. The number of nitrogens with one attached hydrogen (secondary N) is 2. The summed E-state index contributed by atoms with van der Waals surface area (Å²) in [6.07, 6.45) is -4.16. The fourth-order valence-electron chi connectivity index (χ4n) is 5.58. The molecule has 6 rings (SSSR count). The first kappa shape index (κ1) is 29.9. The second-order valence-corrected chi connectivity index (χ2v) is 12.1. The van der Waals surface area contributed by atoms with E-state index in [4.69, 9.17) is 16.3 Å². The summed E-state index contributed by atoms with van der Waals surface area (Å²) in [5.74, 6) is -0.503. The predicted octanol–water partition coefficient (Wildman–Crippen LogP) is 5.30. The number of carbonyl (C=O) groups is 2. The first-order valence-corrected chi connectivity index (χ1v) is 14.9. The lowest BCUT2D eigenvalue weighted by atomic mass is 9.97. The smallest absolute Gasteiger partial charge is 0.435 e. The molecule has 0 radical (unpaired) electrons. The van der Waals surface area contributed by atoms with Crippen molar-refractivity contribution >= 4 is 51.5 Å². The molecule has 0 unspecified atom stereocenters. The van der Waals surface area contributed by atoms with Gasteiger partial charge >= 0.3 is 12.3 Å². The first-order chi connectivity index (χ1) is 20.9. The Balaban J connectivity index is 1.47. The Hall–Kier alpha value is -4.17. The molecule has 44 heavy (non-hydrogen) atoms. The number of alkyl halides is 3. The zero-order valence-electron chi connectivity index (χ0n) is 23.5. The Morgan fingerprint density at radius 3 is 2.64 bits per heavy atom. The lowest BCUT2D eigenvalue weighted by Crippen LogP contribution is -2.45. The molecule has 2 atom stereocenters. The molecular formula is C29H26ClF3N6O4S. The molecule has 2 saturated heterocycles. The van der Waals surface area contributed by atoms with E-state index in [9.17, 15) is 27.6 Å². The number of thiazole rings is 1. The van der Waals surface area contributed by atoms with Crippen molar-refractivity contribution in [3.8, 4) is 10.6 Å². The van der Waals surface area contributed by atoms with Gasteiger partial charge < -0.3 is 20.3 Å². The molecule has 2 aliphatic rings. The topological polar surface area (TPSA) is 118 Å². The molecule has 2 fully saturated rings. The maximum absolute atomic E-state index is 13.9. The van der Waals surface area contributed by atoms with Gasteiger partial charge in [0.25, 0.3) is 11.5 Å². The van der Waals surface area contributed by atoms with Crippen molar-refractivity contribution < 1.29 is 27.5 Å². The van der Waals surface area contributed by atoms with Crippen LogP contribution in [0.5, 0.6) is 0 Å². The second kappa shape index (κ2) is 11.4. The summed E-state index contributed by atoms with van der Waals surface area (Å²) >= 11 is 6.62. The summed E-state index contributed by atoms with van der Waals surface area (Å²) in [5.41, 5.74) is 0.123. The van der Waals surface area contributed by atoms with Crippen LogP contribution in [0, 0.1) is 6.92 Å². The van der Waals surface area contributed by atoms with Gasteiger partial charge in [0.2, 0.25) is 0 Å². The zero-order valence-corrected chi connectivity index (χ0v) is 25.1. The average Bonchev–Trinajstić information content (AvgIpc) is 3.60. The van der Waals surface area contributed by atoms with Crippen LogP contribution in [0.2, 0.25) is 5.02 Å². The molecule has 0 saturated carbocycles. The highest BCUT2D eigenvalue weighted by molar-refractivity contribution is 7.17. The van der Waals surface area contributed by atoms with Gasteiger partial charge in [0, 0.05) is 35.9 Å². The van der Waals surface area contributed by atoms with E-state index in [0.29, 0.717) is 47.3 Å². The maximum atomic E-state index is 13.9. The molecule has 230 valence electrons. The number of nitrogens with zero attached hydrogens (tertiary/aromatic N) is 4. The lowest BCUT2D eigenvalue weighted by Gasteiger charge is -2.33. The number of hydrogen-bond donors (Lipinski definition) is 2. The molecule has 10 nitrogen and oxygen atoms in total. The maximum Gasteiger partial charge on any atom is 0.435 e. The Bertz CT molecular complexity index is 1840. The minimum absolute atomic E-state index is 0.0538. The minimum Gasteiger partial charge on any atom is -0.447 e. The molecule has 4 heterocycles. The van der Waals surface area contributed by atoms with Crippen LogP contribution in [0.25, 0.3) is 21.5 Å². The number of aromatic nitrogens is 3. The van der Waals surface area contributed by atoms with Crippen LogP contribution in [0.15, 0.2) is 41.2 Å². The zero-order chi connectivity index (χ0) is 31.3. The third-order valence-electron chi connectivity index (χ3n) is 7.81. The van der Waals surface area contributed by atoms with E-state index >= 15 is 0 Å². The summed E-state index contributed by atoms with van der Waals surface area (Å²) in [6, 6.07) is 9.85. The summed E-state index contributed by atoms with van der Waals surface area (Å²) < 4.78 is 48.5. The van der Waals surface area contributed by atoms with Gasteiger partial charge in [0.15, 0.2) is 5.69 Å². The van der Waals surface area contributed by atoms with Crippen molar-refractivity contribution in [2.75, 3.05) is 25.5 Å². The Morgan fingerprint density at radius 1 is 1.18 bits per heavy atom. The van der Waals surface area contributed by atoms with E-state index in [1.807, 2.05) is 12.1 Å². The summed E-state index contributed by atoms with van der Waals surface area (Å²) in [5, 5.41) is 6.41. The Morgan fingerprint density at radius 2 is 1.93 bits per heavy atom. The number of piperidine rings is 1. The number of anilines is 1. The van der Waals surface area contributed by atoms with Gasteiger partial charge in [-0.05, 0) is 49.6 Å². The van der Waals surface area contributed by atoms with E-state index < -0.39 is 22.7 Å². The highest BCUT2D eigenvalue weighted by Crippen LogP contribution is 2.41. The molecule has 0 aliphatic carbocycles. The van der Waals surface area contributed by atoms with E-state index in [2.05, 4.69) is 20.6 Å². The Labute approximate surface area is 257 Å². The SMILES string of the molecule is CNC(=O)c1sc(-c2cc3nc(C)n(Cc4ccc(Cl)cc4)c(=O)c3cc2N[C@H]2CCN3C(=O)OC[C@@H]3C2)nc1C(F)(F)F. The molecule has 2 aliphatic heterocycles. The number of amides is 2. The van der Waals surface area contributed by atoms with Crippen molar-refractivity contribution in [1.82, 2.24) is 24.8 Å². The van der Waals surface area contributed by atoms with Gasteiger partial charge in [-0.2, -0.15) is 13.2 Å². The Kier molecular flexibility index (Phi) is 7.74. The average molecular weight is 647 g/mol. The third kappa shape index (κ3) is 5.59. The normalized spacial score (nSPS) is 18.3. The van der Waals surface area contributed by atoms with Gasteiger partial charge in [-0.25, -0.2) is 14.8 Å². The number of aryl methyl sites for hydroxylation is 1. The molecule has 2 aromatic carbocycles. The van der Waals surface area contributed by atoms with E-state index in [-0.39, 0.29) is 58.4 Å². The van der Waals surface area contributed by atoms with E-state index in [0.717, 1.165) is 5.56 Å². The largest absolute Gasteiger partial charge is 0.447 e. The van der Waals surface area contributed by atoms with E-state index in [1.165, 1.54) is 17.7 Å². The lowest BCUT2D eigenvalue weighted by molar-refractivity contribution is -0.141. The molecule has 4 aromatic rings. The van der Waals surface area contributed by atoms with Crippen LogP contribution in [0.1, 0.15) is 39.6 Å². The van der Waals surface area contributed by atoms with Gasteiger partial charge in [0.1, 0.15) is 22.3 Å². The highest BCUT2D eigenvalue weighted by Gasteiger charge is 2.41. The number of hydrogen-bond acceptors (Lipinski definition) is 8. The van der Waals surface area contributed by atoms with Crippen LogP contribution in [-0.4, -0.2) is 63.7 Å². The quantitative estimate of drug-likeness (QED) is 0.292. The van der Waals surface area contributed by atoms with Crippen molar-refractivity contribution in [1.29, 1.82) is 0 Å².